The fourth-order valence-corrected chi connectivity index (χ4v) is 5.18. The lowest BCUT2D eigenvalue weighted by Gasteiger charge is -2.51. The van der Waals surface area contributed by atoms with E-state index in [-0.39, 0.29) is 17.4 Å². The van der Waals surface area contributed by atoms with Crippen molar-refractivity contribution in [2.24, 2.45) is 5.41 Å². The third-order valence-corrected chi connectivity index (χ3v) is 6.87. The monoisotopic (exact) mass is 407 g/mol. The molecule has 30 heavy (non-hydrogen) atoms. The van der Waals surface area contributed by atoms with Crippen molar-refractivity contribution >= 4 is 5.91 Å². The summed E-state index contributed by atoms with van der Waals surface area (Å²) in [4.78, 5) is 22.1. The Labute approximate surface area is 179 Å². The Kier molecular flexibility index (Phi) is 6.21. The number of aliphatic hydroxyl groups is 1. The first kappa shape index (κ1) is 21.0. The van der Waals surface area contributed by atoms with Gasteiger partial charge >= 0.3 is 0 Å². The van der Waals surface area contributed by atoms with E-state index in [0.717, 1.165) is 63.3 Å². The van der Waals surface area contributed by atoms with E-state index in [4.69, 9.17) is 0 Å². The zero-order valence-corrected chi connectivity index (χ0v) is 18.2. The van der Waals surface area contributed by atoms with Crippen LogP contribution < -0.4 is 0 Å². The first-order chi connectivity index (χ1) is 14.5. The van der Waals surface area contributed by atoms with E-state index in [1.165, 1.54) is 5.56 Å². The second-order valence-corrected chi connectivity index (χ2v) is 9.09. The molecule has 2 saturated heterocycles. The minimum Gasteiger partial charge on any atom is -0.392 e. The van der Waals surface area contributed by atoms with E-state index < -0.39 is 0 Å². The lowest BCUT2D eigenvalue weighted by Crippen LogP contribution is -2.60. The number of nitrogens with zero attached hydrogens (tertiary/aromatic N) is 3. The summed E-state index contributed by atoms with van der Waals surface area (Å²) in [5, 5.41) is 11.0. The number of aryl methyl sites for hydroxylation is 2. The number of likely N-dealkylation sites (tertiary alicyclic amines) is 2. The van der Waals surface area contributed by atoms with Crippen LogP contribution in [0.5, 0.6) is 0 Å². The number of amides is 1. The summed E-state index contributed by atoms with van der Waals surface area (Å²) >= 11 is 0. The third-order valence-electron chi connectivity index (χ3n) is 6.87. The van der Waals surface area contributed by atoms with Crippen LogP contribution in [0.2, 0.25) is 0 Å². The Hall–Kier alpha value is -2.24. The predicted octanol–water partition coefficient (Wildman–Crippen LogP) is 3.23. The van der Waals surface area contributed by atoms with Crippen LogP contribution in [0.25, 0.3) is 0 Å². The molecule has 2 atom stereocenters. The standard InChI is InChI=1S/C25H33N3O2/c1-19-9-10-22(20(2)26-19)24(30)28-14-6-13-25(18-28)17-27(16-12-23(25)29)15-11-21-7-4-3-5-8-21/h3-5,7-10,23,29H,6,11-18H2,1-2H3/t23-,25-/m1/s1. The van der Waals surface area contributed by atoms with Gasteiger partial charge in [-0.05, 0) is 57.2 Å². The maximum absolute atomic E-state index is 13.2. The van der Waals surface area contributed by atoms with Gasteiger partial charge in [0.25, 0.3) is 5.91 Å². The maximum atomic E-state index is 13.2. The van der Waals surface area contributed by atoms with Crippen molar-refractivity contribution in [3.05, 3.63) is 65.0 Å². The van der Waals surface area contributed by atoms with Gasteiger partial charge in [0.05, 0.1) is 17.4 Å². The SMILES string of the molecule is Cc1ccc(C(=O)N2CCC[C@@]3(CN(CCc4ccccc4)CC[C@H]3O)C2)c(C)n1. The van der Waals surface area contributed by atoms with Crippen LogP contribution in [0.15, 0.2) is 42.5 Å². The molecule has 0 aliphatic carbocycles. The molecule has 0 bridgehead atoms. The number of carbonyl (C=O) groups is 1. The summed E-state index contributed by atoms with van der Waals surface area (Å²) in [5.41, 5.74) is 3.52. The van der Waals surface area contributed by atoms with E-state index in [1.807, 2.05) is 30.9 Å². The molecular formula is C25H33N3O2. The van der Waals surface area contributed by atoms with E-state index >= 15 is 0 Å². The number of aromatic nitrogens is 1. The molecule has 0 unspecified atom stereocenters. The second kappa shape index (κ2) is 8.86. The Morgan fingerprint density at radius 2 is 1.93 bits per heavy atom. The number of hydrogen-bond acceptors (Lipinski definition) is 4. The van der Waals surface area contributed by atoms with Gasteiger partial charge in [0.2, 0.25) is 0 Å². The molecule has 2 aliphatic heterocycles. The van der Waals surface area contributed by atoms with Crippen LogP contribution in [-0.4, -0.2) is 64.6 Å². The second-order valence-electron chi connectivity index (χ2n) is 9.09. The summed E-state index contributed by atoms with van der Waals surface area (Å²) in [6.07, 6.45) is 3.36. The average Bonchev–Trinajstić information content (AvgIpc) is 2.75. The molecule has 1 spiro atoms. The van der Waals surface area contributed by atoms with E-state index in [9.17, 15) is 9.90 Å². The van der Waals surface area contributed by atoms with Crippen LogP contribution in [0, 0.1) is 19.3 Å². The summed E-state index contributed by atoms with van der Waals surface area (Å²) in [6, 6.07) is 14.4. The zero-order chi connectivity index (χ0) is 21.1. The van der Waals surface area contributed by atoms with Crippen molar-refractivity contribution in [3.63, 3.8) is 0 Å². The fourth-order valence-electron chi connectivity index (χ4n) is 5.18. The van der Waals surface area contributed by atoms with Gasteiger partial charge in [0.1, 0.15) is 0 Å². The van der Waals surface area contributed by atoms with Gasteiger partial charge in [0.15, 0.2) is 0 Å². The van der Waals surface area contributed by atoms with Crippen molar-refractivity contribution in [1.82, 2.24) is 14.8 Å². The molecule has 2 fully saturated rings. The number of aliphatic hydroxyl groups excluding tert-OH is 1. The van der Waals surface area contributed by atoms with Crippen LogP contribution >= 0.6 is 0 Å². The summed E-state index contributed by atoms with van der Waals surface area (Å²) in [6.45, 7) is 8.00. The van der Waals surface area contributed by atoms with Crippen molar-refractivity contribution in [3.8, 4) is 0 Å². The number of rotatable bonds is 4. The van der Waals surface area contributed by atoms with Crippen LogP contribution in [0.4, 0.5) is 0 Å². The first-order valence-corrected chi connectivity index (χ1v) is 11.1. The largest absolute Gasteiger partial charge is 0.392 e. The topological polar surface area (TPSA) is 56.7 Å². The van der Waals surface area contributed by atoms with Crippen molar-refractivity contribution in [1.29, 1.82) is 0 Å². The molecule has 0 radical (unpaired) electrons. The van der Waals surface area contributed by atoms with Gasteiger partial charge in [0, 0.05) is 43.8 Å². The molecule has 1 aromatic carbocycles. The average molecular weight is 408 g/mol. The number of benzene rings is 1. The van der Waals surface area contributed by atoms with Crippen LogP contribution in [0.3, 0.4) is 0 Å². The van der Waals surface area contributed by atoms with Crippen molar-refractivity contribution in [2.45, 2.75) is 45.6 Å². The van der Waals surface area contributed by atoms with E-state index in [0.29, 0.717) is 12.1 Å². The molecule has 5 heteroatoms. The zero-order valence-electron chi connectivity index (χ0n) is 18.2. The predicted molar refractivity (Wildman–Crippen MR) is 118 cm³/mol. The first-order valence-electron chi connectivity index (χ1n) is 11.1. The van der Waals surface area contributed by atoms with Gasteiger partial charge in [-0.1, -0.05) is 30.3 Å². The lowest BCUT2D eigenvalue weighted by molar-refractivity contribution is -0.0783. The highest BCUT2D eigenvalue weighted by molar-refractivity contribution is 5.95. The Morgan fingerprint density at radius 3 is 2.70 bits per heavy atom. The molecule has 2 aromatic rings. The molecule has 1 N–H and O–H groups in total. The third kappa shape index (κ3) is 4.42. The summed E-state index contributed by atoms with van der Waals surface area (Å²) in [7, 11) is 0. The van der Waals surface area contributed by atoms with Crippen LogP contribution in [-0.2, 0) is 6.42 Å². The number of carbonyl (C=O) groups excluding carboxylic acids is 1. The minimum absolute atomic E-state index is 0.0488. The fraction of sp³-hybridized carbons (Fsp3) is 0.520. The maximum Gasteiger partial charge on any atom is 0.255 e. The highest BCUT2D eigenvalue weighted by Crippen LogP contribution is 2.39. The molecular weight excluding hydrogens is 374 g/mol. The molecule has 5 nitrogen and oxygen atoms in total. The van der Waals surface area contributed by atoms with E-state index in [1.54, 1.807) is 0 Å². The molecule has 0 saturated carbocycles. The van der Waals surface area contributed by atoms with Gasteiger partial charge < -0.3 is 14.9 Å². The van der Waals surface area contributed by atoms with Gasteiger partial charge in [-0.25, -0.2) is 0 Å². The van der Waals surface area contributed by atoms with Crippen LogP contribution in [0.1, 0.15) is 46.6 Å². The molecule has 2 aliphatic rings. The van der Waals surface area contributed by atoms with Gasteiger partial charge in [-0.2, -0.15) is 0 Å². The Morgan fingerprint density at radius 1 is 1.13 bits per heavy atom. The normalized spacial score (nSPS) is 24.9. The Bertz CT molecular complexity index is 885. The van der Waals surface area contributed by atoms with E-state index in [2.05, 4.69) is 40.2 Å². The summed E-state index contributed by atoms with van der Waals surface area (Å²) in [5.74, 6) is 0.0488. The van der Waals surface area contributed by atoms with Crippen molar-refractivity contribution in [2.75, 3.05) is 32.7 Å². The van der Waals surface area contributed by atoms with Gasteiger partial charge in [-0.3, -0.25) is 9.78 Å². The number of hydrogen-bond donors (Lipinski definition) is 1. The number of pyridine rings is 1. The van der Waals surface area contributed by atoms with Crippen molar-refractivity contribution < 1.29 is 9.90 Å². The molecule has 1 amide bonds. The minimum atomic E-state index is -0.349. The highest BCUT2D eigenvalue weighted by atomic mass is 16.3. The van der Waals surface area contributed by atoms with Gasteiger partial charge in [-0.15, -0.1) is 0 Å². The molecule has 4 rings (SSSR count). The molecule has 3 heterocycles. The molecule has 1 aromatic heterocycles. The Balaban J connectivity index is 1.45. The summed E-state index contributed by atoms with van der Waals surface area (Å²) < 4.78 is 0. The molecule has 160 valence electrons. The highest BCUT2D eigenvalue weighted by Gasteiger charge is 2.46. The smallest absolute Gasteiger partial charge is 0.255 e. The lowest BCUT2D eigenvalue weighted by atomic mass is 9.71. The number of piperidine rings is 2. The quantitative estimate of drug-likeness (QED) is 0.845.